The highest BCUT2D eigenvalue weighted by Crippen LogP contribution is 2.10. The van der Waals surface area contributed by atoms with Crippen LogP contribution in [0.2, 0.25) is 0 Å². The van der Waals surface area contributed by atoms with Crippen molar-refractivity contribution in [3.8, 4) is 0 Å². The van der Waals surface area contributed by atoms with Gasteiger partial charge in [0.25, 0.3) is 0 Å². The zero-order valence-corrected chi connectivity index (χ0v) is 13.0. The van der Waals surface area contributed by atoms with E-state index < -0.39 is 0 Å². The van der Waals surface area contributed by atoms with E-state index in [1.807, 2.05) is 0 Å². The second-order valence-corrected chi connectivity index (χ2v) is 5.07. The number of amides is 2. The van der Waals surface area contributed by atoms with Gasteiger partial charge in [0.2, 0.25) is 11.8 Å². The third-order valence-electron chi connectivity index (χ3n) is 3.26. The van der Waals surface area contributed by atoms with Gasteiger partial charge in [-0.2, -0.15) is 0 Å². The molecule has 1 fully saturated rings. The number of hydrogen-bond donors (Lipinski definition) is 2. The van der Waals surface area contributed by atoms with E-state index in [4.69, 9.17) is 4.52 Å². The largest absolute Gasteiger partial charge is 0.360 e. The zero-order valence-electron chi connectivity index (χ0n) is 12.2. The second-order valence-electron chi connectivity index (χ2n) is 5.07. The van der Waals surface area contributed by atoms with Crippen LogP contribution in [0.4, 0.5) is 5.82 Å². The number of rotatable bonds is 4. The molecule has 0 aromatic carbocycles. The molecule has 0 saturated carbocycles. The lowest BCUT2D eigenvalue weighted by Gasteiger charge is -2.27. The van der Waals surface area contributed by atoms with E-state index in [2.05, 4.69) is 15.8 Å². The van der Waals surface area contributed by atoms with Crippen molar-refractivity contribution in [1.29, 1.82) is 0 Å². The van der Waals surface area contributed by atoms with Gasteiger partial charge in [-0.1, -0.05) is 11.6 Å². The fourth-order valence-electron chi connectivity index (χ4n) is 2.23. The number of anilines is 1. The highest BCUT2D eigenvalue weighted by atomic mass is 35.5. The molecule has 0 spiro atoms. The second kappa shape index (κ2) is 7.99. The third kappa shape index (κ3) is 5.02. The summed E-state index contributed by atoms with van der Waals surface area (Å²) in [6.45, 7) is 2.60. The summed E-state index contributed by atoms with van der Waals surface area (Å²) in [5.41, 5.74) is 0. The van der Waals surface area contributed by atoms with Gasteiger partial charge in [0.15, 0.2) is 5.82 Å². The quantitative estimate of drug-likeness (QED) is 0.863. The maximum absolute atomic E-state index is 12.1. The number of nitrogens with one attached hydrogen (secondary N) is 2. The molecule has 0 radical (unpaired) electrons. The summed E-state index contributed by atoms with van der Waals surface area (Å²) in [6.07, 6.45) is 2.97. The molecule has 118 valence electrons. The molecule has 1 atom stereocenters. The van der Waals surface area contributed by atoms with Gasteiger partial charge in [-0.05, 0) is 26.3 Å². The molecule has 7 nitrogen and oxygen atoms in total. The molecule has 1 saturated heterocycles. The summed E-state index contributed by atoms with van der Waals surface area (Å²) in [4.78, 5) is 25.4. The van der Waals surface area contributed by atoms with Crippen LogP contribution >= 0.6 is 12.4 Å². The Morgan fingerprint density at radius 3 is 2.86 bits per heavy atom. The highest BCUT2D eigenvalue weighted by molar-refractivity contribution is 5.94. The van der Waals surface area contributed by atoms with Crippen molar-refractivity contribution in [2.75, 3.05) is 25.5 Å². The van der Waals surface area contributed by atoms with Gasteiger partial charge < -0.3 is 20.1 Å². The first kappa shape index (κ1) is 17.5. The number of likely N-dealkylation sites (N-methyl/N-ethyl adjacent to an activating group) is 1. The molecular weight excluding hydrogens is 296 g/mol. The summed E-state index contributed by atoms with van der Waals surface area (Å²) in [7, 11) is 1.63. The van der Waals surface area contributed by atoms with Crippen molar-refractivity contribution in [3.63, 3.8) is 0 Å². The summed E-state index contributed by atoms with van der Waals surface area (Å²) >= 11 is 0. The third-order valence-corrected chi connectivity index (χ3v) is 3.26. The number of hydrogen-bond acceptors (Lipinski definition) is 5. The predicted molar refractivity (Wildman–Crippen MR) is 80.4 cm³/mol. The summed E-state index contributed by atoms with van der Waals surface area (Å²) in [6, 6.07) is 1.46. The van der Waals surface area contributed by atoms with Crippen LogP contribution in [0.1, 0.15) is 25.0 Å². The lowest BCUT2D eigenvalue weighted by molar-refractivity contribution is -0.135. The SMILES string of the molecule is Cc1cc(NC(=O)CN(C)C(=O)[C@H]2CCCCN2)no1.Cl. The van der Waals surface area contributed by atoms with Crippen molar-refractivity contribution < 1.29 is 14.1 Å². The minimum atomic E-state index is -0.287. The number of aromatic nitrogens is 1. The van der Waals surface area contributed by atoms with Crippen molar-refractivity contribution in [2.24, 2.45) is 0 Å². The summed E-state index contributed by atoms with van der Waals surface area (Å²) in [5, 5.41) is 9.44. The summed E-state index contributed by atoms with van der Waals surface area (Å²) in [5.74, 6) is 0.654. The number of carbonyl (C=O) groups is 2. The Morgan fingerprint density at radius 1 is 1.52 bits per heavy atom. The van der Waals surface area contributed by atoms with Crippen LogP contribution in [0.3, 0.4) is 0 Å². The van der Waals surface area contributed by atoms with Gasteiger partial charge >= 0.3 is 0 Å². The lowest BCUT2D eigenvalue weighted by atomic mass is 10.0. The first-order chi connectivity index (χ1) is 9.56. The van der Waals surface area contributed by atoms with E-state index >= 15 is 0 Å². The number of aryl methyl sites for hydroxylation is 1. The fourth-order valence-corrected chi connectivity index (χ4v) is 2.23. The van der Waals surface area contributed by atoms with Crippen molar-refractivity contribution in [3.05, 3.63) is 11.8 Å². The molecule has 1 aromatic rings. The Kier molecular flexibility index (Phi) is 6.64. The monoisotopic (exact) mass is 316 g/mol. The normalized spacial score (nSPS) is 17.7. The standard InChI is InChI=1S/C13H20N4O3.ClH/c1-9-7-11(16-20-9)15-12(18)8-17(2)13(19)10-5-3-4-6-14-10;/h7,10,14H,3-6,8H2,1-2H3,(H,15,16,18);1H/t10-;/m1./s1. The Labute approximate surface area is 129 Å². The Balaban J connectivity index is 0.00000220. The van der Waals surface area contributed by atoms with Crippen molar-refractivity contribution in [1.82, 2.24) is 15.4 Å². The smallest absolute Gasteiger partial charge is 0.245 e. The van der Waals surface area contributed by atoms with Crippen LogP contribution in [-0.4, -0.2) is 48.0 Å². The molecule has 1 aliphatic rings. The first-order valence-electron chi connectivity index (χ1n) is 6.78. The van der Waals surface area contributed by atoms with Crippen LogP contribution < -0.4 is 10.6 Å². The Hall–Kier alpha value is -1.60. The average Bonchev–Trinajstić information content (AvgIpc) is 2.84. The molecule has 0 aliphatic carbocycles. The van der Waals surface area contributed by atoms with Crippen molar-refractivity contribution >= 4 is 30.0 Å². The number of carbonyl (C=O) groups excluding carboxylic acids is 2. The van der Waals surface area contributed by atoms with Crippen LogP contribution in [-0.2, 0) is 9.59 Å². The minimum absolute atomic E-state index is 0. The molecule has 0 unspecified atom stereocenters. The van der Waals surface area contributed by atoms with Crippen LogP contribution in [0.25, 0.3) is 0 Å². The molecule has 2 rings (SSSR count). The Bertz CT molecular complexity index is 486. The molecule has 0 bridgehead atoms. The lowest BCUT2D eigenvalue weighted by Crippen LogP contribution is -2.49. The molecule has 21 heavy (non-hydrogen) atoms. The highest BCUT2D eigenvalue weighted by Gasteiger charge is 2.24. The number of nitrogens with zero attached hydrogens (tertiary/aromatic N) is 2. The van der Waals surface area contributed by atoms with E-state index in [9.17, 15) is 9.59 Å². The fraction of sp³-hybridized carbons (Fsp3) is 0.615. The number of piperidine rings is 1. The molecule has 2 heterocycles. The molecule has 2 amide bonds. The van der Waals surface area contributed by atoms with Gasteiger partial charge in [0.05, 0.1) is 12.6 Å². The summed E-state index contributed by atoms with van der Waals surface area (Å²) < 4.78 is 4.86. The van der Waals surface area contributed by atoms with Gasteiger partial charge in [0.1, 0.15) is 5.76 Å². The maximum atomic E-state index is 12.1. The van der Waals surface area contributed by atoms with Gasteiger partial charge in [0, 0.05) is 13.1 Å². The average molecular weight is 317 g/mol. The van der Waals surface area contributed by atoms with Crippen LogP contribution in [0.5, 0.6) is 0 Å². The molecule has 1 aliphatic heterocycles. The van der Waals surface area contributed by atoms with E-state index in [1.165, 1.54) is 4.90 Å². The molecule has 8 heteroatoms. The van der Waals surface area contributed by atoms with Gasteiger partial charge in [-0.15, -0.1) is 12.4 Å². The van der Waals surface area contributed by atoms with E-state index in [0.29, 0.717) is 11.6 Å². The van der Waals surface area contributed by atoms with Crippen LogP contribution in [0.15, 0.2) is 10.6 Å². The molecular formula is C13H21ClN4O3. The topological polar surface area (TPSA) is 87.5 Å². The molecule has 1 aromatic heterocycles. The van der Waals surface area contributed by atoms with E-state index in [1.54, 1.807) is 20.0 Å². The zero-order chi connectivity index (χ0) is 14.5. The Morgan fingerprint density at radius 2 is 2.29 bits per heavy atom. The van der Waals surface area contributed by atoms with E-state index in [-0.39, 0.29) is 36.8 Å². The van der Waals surface area contributed by atoms with Crippen LogP contribution in [0, 0.1) is 6.92 Å². The van der Waals surface area contributed by atoms with Crippen molar-refractivity contribution in [2.45, 2.75) is 32.2 Å². The maximum Gasteiger partial charge on any atom is 0.245 e. The predicted octanol–water partition coefficient (Wildman–Crippen LogP) is 0.944. The van der Waals surface area contributed by atoms with Gasteiger partial charge in [-0.3, -0.25) is 9.59 Å². The van der Waals surface area contributed by atoms with E-state index in [0.717, 1.165) is 25.8 Å². The molecule has 2 N–H and O–H groups in total. The number of halogens is 1. The first-order valence-corrected chi connectivity index (χ1v) is 6.78. The minimum Gasteiger partial charge on any atom is -0.360 e. The van der Waals surface area contributed by atoms with Gasteiger partial charge in [-0.25, -0.2) is 0 Å².